The lowest BCUT2D eigenvalue weighted by atomic mass is 9.96. The summed E-state index contributed by atoms with van der Waals surface area (Å²) in [7, 11) is 0. The molecule has 5 rings (SSSR count). The van der Waals surface area contributed by atoms with E-state index in [2.05, 4.69) is 24.0 Å². The number of rotatable bonds is 8. The topological polar surface area (TPSA) is 116 Å². The fourth-order valence-corrected chi connectivity index (χ4v) is 6.32. The van der Waals surface area contributed by atoms with Crippen LogP contribution in [0, 0.1) is 26.7 Å². The molecule has 224 valence electrons. The molecular formula is C33H36N4O5S. The number of nitrogens with zero attached hydrogens (tertiary/aromatic N) is 4. The number of carboxylic acids is 1. The molecule has 0 saturated carbocycles. The molecule has 0 aliphatic carbocycles. The Hall–Kier alpha value is -4.15. The van der Waals surface area contributed by atoms with Crippen LogP contribution in [0.2, 0.25) is 0 Å². The van der Waals surface area contributed by atoms with E-state index in [0.717, 1.165) is 49.0 Å². The number of hydrogen-bond acceptors (Lipinski definition) is 8. The van der Waals surface area contributed by atoms with Crippen LogP contribution < -0.4 is 0 Å². The highest BCUT2D eigenvalue weighted by atomic mass is 32.1. The second kappa shape index (κ2) is 11.9. The molecule has 0 spiro atoms. The minimum Gasteiger partial charge on any atom is -0.481 e. The van der Waals surface area contributed by atoms with Gasteiger partial charge in [0.05, 0.1) is 18.2 Å². The van der Waals surface area contributed by atoms with Crippen molar-refractivity contribution in [2.45, 2.75) is 66.7 Å². The third kappa shape index (κ3) is 6.30. The summed E-state index contributed by atoms with van der Waals surface area (Å²) in [6.07, 6.45) is 0. The van der Waals surface area contributed by atoms with E-state index in [9.17, 15) is 14.7 Å². The number of aliphatic imine (C=N–C) groups is 1. The molecule has 3 heterocycles. The molecular weight excluding hydrogens is 564 g/mol. The SMILES string of the molecule is Cc1sc2c(c1C)C(c1ccc(-c3cccc(COCC(=O)OC(C)(C)C)c3)cc1)=N[C@@H](C(C)C(=O)O)c1nnc(C)n1-2. The summed E-state index contributed by atoms with van der Waals surface area (Å²) in [5.74, 6) is -0.903. The van der Waals surface area contributed by atoms with Crippen molar-refractivity contribution < 1.29 is 24.2 Å². The summed E-state index contributed by atoms with van der Waals surface area (Å²) in [6, 6.07) is 15.4. The van der Waals surface area contributed by atoms with Crippen LogP contribution >= 0.6 is 11.3 Å². The van der Waals surface area contributed by atoms with Crippen LogP contribution in [0.5, 0.6) is 0 Å². The second-order valence-electron chi connectivity index (χ2n) is 11.8. The number of esters is 1. The Bertz CT molecular complexity index is 1710. The predicted molar refractivity (Wildman–Crippen MR) is 166 cm³/mol. The normalized spacial score (nSPS) is 15.2. The summed E-state index contributed by atoms with van der Waals surface area (Å²) in [6.45, 7) is 13.3. The highest BCUT2D eigenvalue weighted by Crippen LogP contribution is 2.40. The third-order valence-corrected chi connectivity index (χ3v) is 8.57. The molecule has 43 heavy (non-hydrogen) atoms. The van der Waals surface area contributed by atoms with Crippen LogP contribution in [-0.4, -0.2) is 49.7 Å². The Labute approximate surface area is 255 Å². The molecule has 4 aromatic rings. The van der Waals surface area contributed by atoms with E-state index < -0.39 is 29.5 Å². The number of aliphatic carboxylic acids is 1. The van der Waals surface area contributed by atoms with Gasteiger partial charge in [0.1, 0.15) is 29.1 Å². The molecule has 1 N–H and O–H groups in total. The quantitative estimate of drug-likeness (QED) is 0.233. The Kier molecular flexibility index (Phi) is 8.36. The van der Waals surface area contributed by atoms with E-state index in [1.807, 2.05) is 80.8 Å². The fourth-order valence-electron chi connectivity index (χ4n) is 5.10. The van der Waals surface area contributed by atoms with Crippen molar-refractivity contribution in [1.82, 2.24) is 14.8 Å². The van der Waals surface area contributed by atoms with Gasteiger partial charge < -0.3 is 14.6 Å². The number of aromatic nitrogens is 3. The molecule has 2 aromatic heterocycles. The smallest absolute Gasteiger partial charge is 0.332 e. The van der Waals surface area contributed by atoms with Crippen molar-refractivity contribution in [3.05, 3.63) is 87.3 Å². The van der Waals surface area contributed by atoms with Gasteiger partial charge in [0.15, 0.2) is 5.82 Å². The van der Waals surface area contributed by atoms with Crippen molar-refractivity contribution >= 4 is 29.0 Å². The standard InChI is InChI=1S/C33H36N4O5S/c1-18-20(3)43-31-27(18)29(34-28(19(2)32(39)40)30-36-35-21(4)37(30)31)24-13-11-23(12-14-24)25-10-8-9-22(15-25)16-41-17-26(38)42-33(5,6)7/h8-15,19,28H,16-17H2,1-7H3,(H,39,40)/t19?,28-/m0/s1. The zero-order chi connectivity index (χ0) is 31.1. The van der Waals surface area contributed by atoms with Gasteiger partial charge in [-0.05, 0) is 76.8 Å². The molecule has 10 heteroatoms. The highest BCUT2D eigenvalue weighted by molar-refractivity contribution is 7.15. The first-order valence-electron chi connectivity index (χ1n) is 14.2. The lowest BCUT2D eigenvalue weighted by molar-refractivity contribution is -0.160. The highest BCUT2D eigenvalue weighted by Gasteiger charge is 2.36. The first-order valence-corrected chi connectivity index (χ1v) is 15.0. The minimum absolute atomic E-state index is 0.113. The number of carboxylic acid groups (broad SMARTS) is 1. The van der Waals surface area contributed by atoms with Gasteiger partial charge in [0.25, 0.3) is 0 Å². The maximum Gasteiger partial charge on any atom is 0.332 e. The predicted octanol–water partition coefficient (Wildman–Crippen LogP) is 6.39. The van der Waals surface area contributed by atoms with Gasteiger partial charge in [0.2, 0.25) is 0 Å². The lowest BCUT2D eigenvalue weighted by Gasteiger charge is -2.19. The monoisotopic (exact) mass is 600 g/mol. The fraction of sp³-hybridized carbons (Fsp3) is 0.364. The van der Waals surface area contributed by atoms with Gasteiger partial charge in [-0.25, -0.2) is 4.79 Å². The molecule has 1 aliphatic rings. The number of ether oxygens (including phenoxy) is 2. The summed E-state index contributed by atoms with van der Waals surface area (Å²) in [5.41, 5.74) is 6.12. The van der Waals surface area contributed by atoms with E-state index in [-0.39, 0.29) is 13.2 Å². The third-order valence-electron chi connectivity index (χ3n) is 7.38. The average molecular weight is 601 g/mol. The number of carbonyl (C=O) groups excluding carboxylic acids is 1. The summed E-state index contributed by atoms with van der Waals surface area (Å²) >= 11 is 1.64. The van der Waals surface area contributed by atoms with E-state index >= 15 is 0 Å². The summed E-state index contributed by atoms with van der Waals surface area (Å²) in [4.78, 5) is 30.4. The van der Waals surface area contributed by atoms with Gasteiger partial charge in [-0.1, -0.05) is 42.5 Å². The Morgan fingerprint density at radius 1 is 1.02 bits per heavy atom. The number of thiophene rings is 1. The number of benzene rings is 2. The molecule has 9 nitrogen and oxygen atoms in total. The van der Waals surface area contributed by atoms with Crippen molar-refractivity contribution in [1.29, 1.82) is 0 Å². The van der Waals surface area contributed by atoms with Crippen LogP contribution in [0.15, 0.2) is 53.5 Å². The largest absolute Gasteiger partial charge is 0.481 e. The van der Waals surface area contributed by atoms with Gasteiger partial charge in [0, 0.05) is 16.0 Å². The van der Waals surface area contributed by atoms with Crippen LogP contribution in [0.3, 0.4) is 0 Å². The number of aryl methyl sites for hydroxylation is 2. The Morgan fingerprint density at radius 3 is 2.40 bits per heavy atom. The zero-order valence-electron chi connectivity index (χ0n) is 25.5. The average Bonchev–Trinajstić information content (AvgIpc) is 3.41. The van der Waals surface area contributed by atoms with Gasteiger partial charge in [-0.15, -0.1) is 21.5 Å². The van der Waals surface area contributed by atoms with Crippen molar-refractivity contribution in [3.8, 4) is 16.1 Å². The molecule has 0 bridgehead atoms. The maximum absolute atomic E-state index is 12.1. The van der Waals surface area contributed by atoms with Crippen LogP contribution in [0.1, 0.15) is 72.5 Å². The molecule has 1 unspecified atom stereocenters. The first-order chi connectivity index (χ1) is 20.3. The molecule has 0 amide bonds. The van der Waals surface area contributed by atoms with Gasteiger partial charge in [-0.3, -0.25) is 14.4 Å². The zero-order valence-corrected chi connectivity index (χ0v) is 26.3. The van der Waals surface area contributed by atoms with Crippen molar-refractivity contribution in [3.63, 3.8) is 0 Å². The number of fused-ring (bicyclic) bond motifs is 3. The number of carbonyl (C=O) groups is 2. The molecule has 1 aliphatic heterocycles. The van der Waals surface area contributed by atoms with E-state index in [1.54, 1.807) is 18.3 Å². The molecule has 0 fully saturated rings. The summed E-state index contributed by atoms with van der Waals surface area (Å²) < 4.78 is 12.9. The molecule has 0 radical (unpaired) electrons. The molecule has 2 aromatic carbocycles. The molecule has 2 atom stereocenters. The Balaban J connectivity index is 1.45. The summed E-state index contributed by atoms with van der Waals surface area (Å²) in [5, 5.41) is 19.6. The number of hydrogen-bond donors (Lipinski definition) is 1. The van der Waals surface area contributed by atoms with Crippen LogP contribution in [-0.2, 0) is 25.7 Å². The second-order valence-corrected chi connectivity index (χ2v) is 13.0. The van der Waals surface area contributed by atoms with E-state index in [1.165, 1.54) is 0 Å². The van der Waals surface area contributed by atoms with Crippen LogP contribution in [0.25, 0.3) is 16.1 Å². The molecule has 0 saturated heterocycles. The van der Waals surface area contributed by atoms with E-state index in [0.29, 0.717) is 11.6 Å². The first kappa shape index (κ1) is 30.3. The van der Waals surface area contributed by atoms with Gasteiger partial charge >= 0.3 is 11.9 Å². The minimum atomic E-state index is -0.941. The van der Waals surface area contributed by atoms with Gasteiger partial charge in [-0.2, -0.15) is 0 Å². The lowest BCUT2D eigenvalue weighted by Crippen LogP contribution is -2.26. The van der Waals surface area contributed by atoms with Crippen LogP contribution in [0.4, 0.5) is 0 Å². The van der Waals surface area contributed by atoms with Crippen molar-refractivity contribution in [2.75, 3.05) is 6.61 Å². The van der Waals surface area contributed by atoms with Crippen molar-refractivity contribution in [2.24, 2.45) is 10.9 Å². The van der Waals surface area contributed by atoms with E-state index in [4.69, 9.17) is 14.5 Å². The maximum atomic E-state index is 12.1. The Morgan fingerprint density at radius 2 is 1.72 bits per heavy atom.